The van der Waals surface area contributed by atoms with E-state index in [1.165, 1.54) is 0 Å². The molecule has 3 rings (SSSR count). The fourth-order valence-electron chi connectivity index (χ4n) is 3.19. The molecular formula is C18H25N5O2. The van der Waals surface area contributed by atoms with Gasteiger partial charge < -0.3 is 15.4 Å². The summed E-state index contributed by atoms with van der Waals surface area (Å²) in [5.41, 5.74) is 7.74. The minimum atomic E-state index is -0.0866. The van der Waals surface area contributed by atoms with Crippen molar-refractivity contribution in [3.63, 3.8) is 0 Å². The van der Waals surface area contributed by atoms with E-state index in [1.54, 1.807) is 4.68 Å². The van der Waals surface area contributed by atoms with E-state index in [0.29, 0.717) is 12.2 Å². The lowest BCUT2D eigenvalue weighted by Crippen LogP contribution is -2.40. The van der Waals surface area contributed by atoms with Crippen LogP contribution in [0.25, 0.3) is 5.69 Å². The van der Waals surface area contributed by atoms with Crippen molar-refractivity contribution in [1.82, 2.24) is 19.9 Å². The Kier molecular flexibility index (Phi) is 5.03. The Labute approximate surface area is 147 Å². The number of hydrogen-bond donors (Lipinski definition) is 1. The highest BCUT2D eigenvalue weighted by Crippen LogP contribution is 2.22. The summed E-state index contributed by atoms with van der Waals surface area (Å²) in [6, 6.07) is 7.70. The summed E-state index contributed by atoms with van der Waals surface area (Å²) >= 11 is 0. The predicted molar refractivity (Wildman–Crippen MR) is 95.0 cm³/mol. The number of likely N-dealkylation sites (tertiary alicyclic amines) is 1. The van der Waals surface area contributed by atoms with Gasteiger partial charge in [0, 0.05) is 19.1 Å². The van der Waals surface area contributed by atoms with E-state index in [0.717, 1.165) is 36.5 Å². The summed E-state index contributed by atoms with van der Waals surface area (Å²) < 4.78 is 7.33. The number of aromatic nitrogens is 3. The lowest BCUT2D eigenvalue weighted by atomic mass is 10.2. The van der Waals surface area contributed by atoms with Crippen molar-refractivity contribution in [1.29, 1.82) is 0 Å². The molecule has 7 heteroatoms. The van der Waals surface area contributed by atoms with Crippen LogP contribution in [-0.2, 0) is 0 Å². The van der Waals surface area contributed by atoms with Crippen LogP contribution in [0.1, 0.15) is 42.9 Å². The average molecular weight is 343 g/mol. The highest BCUT2D eigenvalue weighted by molar-refractivity contribution is 5.93. The standard InChI is InChI=1S/C18H25N5O2/c1-12(2)25-16-8-6-14(7-9-16)23-13(3)17(20-21-23)18(24)22-10-4-5-15(22)11-19/h6-9,12,15H,4-5,10-11,19H2,1-3H3. The lowest BCUT2D eigenvalue weighted by molar-refractivity contribution is 0.0734. The number of hydrogen-bond acceptors (Lipinski definition) is 5. The summed E-state index contributed by atoms with van der Waals surface area (Å²) in [5.74, 6) is 0.715. The van der Waals surface area contributed by atoms with Gasteiger partial charge in [0.1, 0.15) is 5.75 Å². The molecule has 1 amide bonds. The zero-order valence-corrected chi connectivity index (χ0v) is 15.0. The number of benzene rings is 1. The second kappa shape index (κ2) is 7.23. The van der Waals surface area contributed by atoms with E-state index >= 15 is 0 Å². The predicted octanol–water partition coefficient (Wildman–Crippen LogP) is 1.93. The van der Waals surface area contributed by atoms with Crippen LogP contribution >= 0.6 is 0 Å². The Morgan fingerprint density at radius 2 is 2.08 bits per heavy atom. The van der Waals surface area contributed by atoms with Crippen LogP contribution in [0.2, 0.25) is 0 Å². The van der Waals surface area contributed by atoms with E-state index in [4.69, 9.17) is 10.5 Å². The molecule has 2 heterocycles. The third-order valence-electron chi connectivity index (χ3n) is 4.46. The SMILES string of the molecule is Cc1c(C(=O)N2CCCC2CN)nnn1-c1ccc(OC(C)C)cc1. The zero-order chi connectivity index (χ0) is 18.0. The Morgan fingerprint density at radius 1 is 1.36 bits per heavy atom. The number of nitrogens with two attached hydrogens (primary N) is 1. The molecule has 1 atom stereocenters. The molecule has 0 bridgehead atoms. The van der Waals surface area contributed by atoms with Gasteiger partial charge in [-0.3, -0.25) is 4.79 Å². The second-order valence-electron chi connectivity index (χ2n) is 6.63. The van der Waals surface area contributed by atoms with Gasteiger partial charge in [-0.05, 0) is 57.9 Å². The molecule has 1 aromatic heterocycles. The molecule has 0 radical (unpaired) electrons. The van der Waals surface area contributed by atoms with Gasteiger partial charge in [-0.15, -0.1) is 5.10 Å². The van der Waals surface area contributed by atoms with Crippen LogP contribution in [0.4, 0.5) is 0 Å². The minimum Gasteiger partial charge on any atom is -0.491 e. The van der Waals surface area contributed by atoms with Gasteiger partial charge in [0.25, 0.3) is 5.91 Å². The molecule has 25 heavy (non-hydrogen) atoms. The first-order chi connectivity index (χ1) is 12.0. The molecule has 0 spiro atoms. The van der Waals surface area contributed by atoms with Crippen LogP contribution in [0.5, 0.6) is 5.75 Å². The molecule has 0 saturated carbocycles. The average Bonchev–Trinajstić information content (AvgIpc) is 3.21. The van der Waals surface area contributed by atoms with Crippen LogP contribution in [-0.4, -0.2) is 51.0 Å². The maximum Gasteiger partial charge on any atom is 0.276 e. The molecule has 1 aromatic carbocycles. The molecule has 2 N–H and O–H groups in total. The number of carbonyl (C=O) groups excluding carboxylic acids is 1. The summed E-state index contributed by atoms with van der Waals surface area (Å²) in [5, 5.41) is 8.29. The second-order valence-corrected chi connectivity index (χ2v) is 6.63. The van der Waals surface area contributed by atoms with Crippen molar-refractivity contribution in [3.05, 3.63) is 35.7 Å². The van der Waals surface area contributed by atoms with Crippen LogP contribution < -0.4 is 10.5 Å². The Bertz CT molecular complexity index is 738. The van der Waals surface area contributed by atoms with Gasteiger partial charge in [0.2, 0.25) is 0 Å². The lowest BCUT2D eigenvalue weighted by Gasteiger charge is -2.22. The van der Waals surface area contributed by atoms with Gasteiger partial charge in [0.05, 0.1) is 17.5 Å². The van der Waals surface area contributed by atoms with Crippen molar-refractivity contribution >= 4 is 5.91 Å². The number of ether oxygens (including phenoxy) is 1. The highest BCUT2D eigenvalue weighted by atomic mass is 16.5. The molecule has 0 aliphatic carbocycles. The summed E-state index contributed by atoms with van der Waals surface area (Å²) in [6.07, 6.45) is 2.06. The number of rotatable bonds is 5. The van der Waals surface area contributed by atoms with E-state index in [1.807, 2.05) is 49.9 Å². The van der Waals surface area contributed by atoms with Crippen molar-refractivity contribution < 1.29 is 9.53 Å². The maximum atomic E-state index is 12.8. The maximum absolute atomic E-state index is 12.8. The van der Waals surface area contributed by atoms with Crippen LogP contribution in [0.3, 0.4) is 0 Å². The molecule has 1 aliphatic rings. The van der Waals surface area contributed by atoms with Crippen molar-refractivity contribution in [2.45, 2.75) is 45.8 Å². The normalized spacial score (nSPS) is 17.3. The summed E-state index contributed by atoms with van der Waals surface area (Å²) in [4.78, 5) is 14.6. The summed E-state index contributed by atoms with van der Waals surface area (Å²) in [7, 11) is 0. The molecule has 134 valence electrons. The molecule has 1 saturated heterocycles. The van der Waals surface area contributed by atoms with Gasteiger partial charge >= 0.3 is 0 Å². The third kappa shape index (κ3) is 3.51. The summed E-state index contributed by atoms with van der Waals surface area (Å²) in [6.45, 7) is 7.05. The van der Waals surface area contributed by atoms with Crippen molar-refractivity contribution in [2.75, 3.05) is 13.1 Å². The van der Waals surface area contributed by atoms with Gasteiger partial charge in [-0.1, -0.05) is 5.21 Å². The number of nitrogens with zero attached hydrogens (tertiary/aromatic N) is 4. The Morgan fingerprint density at radius 3 is 2.72 bits per heavy atom. The minimum absolute atomic E-state index is 0.0866. The van der Waals surface area contributed by atoms with Crippen LogP contribution in [0.15, 0.2) is 24.3 Å². The zero-order valence-electron chi connectivity index (χ0n) is 15.0. The van der Waals surface area contributed by atoms with Gasteiger partial charge in [-0.2, -0.15) is 0 Å². The van der Waals surface area contributed by atoms with Crippen molar-refractivity contribution in [2.24, 2.45) is 5.73 Å². The van der Waals surface area contributed by atoms with Crippen molar-refractivity contribution in [3.8, 4) is 11.4 Å². The Hall–Kier alpha value is -2.41. The van der Waals surface area contributed by atoms with Gasteiger partial charge in [-0.25, -0.2) is 4.68 Å². The fourth-order valence-corrected chi connectivity index (χ4v) is 3.19. The van der Waals surface area contributed by atoms with E-state index in [2.05, 4.69) is 10.3 Å². The quantitative estimate of drug-likeness (QED) is 0.896. The topological polar surface area (TPSA) is 86.3 Å². The fraction of sp³-hybridized carbons (Fsp3) is 0.500. The molecule has 1 fully saturated rings. The molecule has 7 nitrogen and oxygen atoms in total. The van der Waals surface area contributed by atoms with E-state index in [-0.39, 0.29) is 18.1 Å². The smallest absolute Gasteiger partial charge is 0.276 e. The Balaban J connectivity index is 1.82. The molecule has 1 aliphatic heterocycles. The van der Waals surface area contributed by atoms with Crippen LogP contribution in [0, 0.1) is 6.92 Å². The van der Waals surface area contributed by atoms with E-state index < -0.39 is 0 Å². The first kappa shape index (κ1) is 17.4. The number of amides is 1. The highest BCUT2D eigenvalue weighted by Gasteiger charge is 2.31. The monoisotopic (exact) mass is 343 g/mol. The largest absolute Gasteiger partial charge is 0.491 e. The first-order valence-electron chi connectivity index (χ1n) is 8.71. The van der Waals surface area contributed by atoms with Gasteiger partial charge in [0.15, 0.2) is 5.69 Å². The third-order valence-corrected chi connectivity index (χ3v) is 4.46. The first-order valence-corrected chi connectivity index (χ1v) is 8.71. The molecule has 2 aromatic rings. The number of carbonyl (C=O) groups is 1. The molecule has 1 unspecified atom stereocenters. The van der Waals surface area contributed by atoms with E-state index in [9.17, 15) is 4.79 Å². The molecular weight excluding hydrogens is 318 g/mol.